The Morgan fingerprint density at radius 3 is 1.73 bits per heavy atom. The molecule has 0 saturated carbocycles. The van der Waals surface area contributed by atoms with Gasteiger partial charge in [-0.1, -0.05) is 0 Å². The van der Waals surface area contributed by atoms with Crippen LogP contribution in [0.5, 0.6) is 0 Å². The van der Waals surface area contributed by atoms with E-state index in [0.29, 0.717) is 11.2 Å². The summed E-state index contributed by atoms with van der Waals surface area (Å²) in [4.78, 5) is 14.9. The molecule has 0 atom stereocenters. The summed E-state index contributed by atoms with van der Waals surface area (Å²) in [6, 6.07) is 14.3. The topological polar surface area (TPSA) is 57.4 Å². The molecule has 0 aliphatic carbocycles. The number of nitrogens with zero attached hydrogens (tertiary/aromatic N) is 2. The predicted octanol–water partition coefficient (Wildman–Crippen LogP) is 5.25. The van der Waals surface area contributed by atoms with Crippen LogP contribution in [0, 0.1) is 0 Å². The van der Waals surface area contributed by atoms with Crippen molar-refractivity contribution in [2.24, 2.45) is 0 Å². The molecule has 0 aromatic carbocycles. The Morgan fingerprint density at radius 2 is 1.08 bits per heavy atom. The van der Waals surface area contributed by atoms with E-state index in [2.05, 4.69) is 19.9 Å². The fourth-order valence-electron chi connectivity index (χ4n) is 3.01. The number of aromatic amines is 2. The van der Waals surface area contributed by atoms with Gasteiger partial charge in [0.1, 0.15) is 11.4 Å². The fraction of sp³-hybridized carbons (Fsp3) is 0. The SMILES string of the molecule is FC1=C(F)c2cc3ccc(cc4ccc(cc5nc(cc1n2)C=C5)[nH]4)[nH]3. The van der Waals surface area contributed by atoms with E-state index >= 15 is 0 Å². The molecule has 26 heavy (non-hydrogen) atoms. The first-order valence-electron chi connectivity index (χ1n) is 8.06. The molecule has 5 heterocycles. The lowest BCUT2D eigenvalue weighted by atomic mass is 10.3. The molecule has 3 aromatic rings. The normalized spacial score (nSPS) is 13.5. The highest BCUT2D eigenvalue weighted by Gasteiger charge is 2.20. The summed E-state index contributed by atoms with van der Waals surface area (Å²) in [5, 5.41) is 0. The van der Waals surface area contributed by atoms with Gasteiger partial charge in [0.2, 0.25) is 0 Å². The third kappa shape index (κ3) is 2.52. The third-order valence-electron chi connectivity index (χ3n) is 4.22. The second-order valence-corrected chi connectivity index (χ2v) is 6.12. The predicted molar refractivity (Wildman–Crippen MR) is 99.0 cm³/mol. The van der Waals surface area contributed by atoms with Gasteiger partial charge in [-0.3, -0.25) is 0 Å². The molecule has 8 bridgehead atoms. The number of aromatic nitrogens is 4. The zero-order chi connectivity index (χ0) is 17.7. The summed E-state index contributed by atoms with van der Waals surface area (Å²) in [5.74, 6) is -1.94. The standard InChI is InChI=1S/C20H12F2N4/c21-19-17-9-15-5-3-13(24-15)7-11-1-2-12(23-11)8-14-4-6-16(25-14)10-18(26-17)20(19)22/h1-10,23-24H. The molecular formula is C20H12F2N4. The number of hydrogen-bond donors (Lipinski definition) is 2. The van der Waals surface area contributed by atoms with Gasteiger partial charge >= 0.3 is 0 Å². The van der Waals surface area contributed by atoms with Gasteiger partial charge in [-0.2, -0.15) is 0 Å². The Labute approximate surface area is 146 Å². The average molecular weight is 346 g/mol. The Morgan fingerprint density at radius 1 is 0.577 bits per heavy atom. The highest BCUT2D eigenvalue weighted by Crippen LogP contribution is 2.32. The molecule has 0 fully saturated rings. The zero-order valence-corrected chi connectivity index (χ0v) is 13.4. The van der Waals surface area contributed by atoms with Gasteiger partial charge in [-0.25, -0.2) is 18.7 Å². The van der Waals surface area contributed by atoms with Gasteiger partial charge < -0.3 is 9.97 Å². The Balaban J connectivity index is 1.88. The maximum atomic E-state index is 14.2. The minimum atomic E-state index is -0.971. The van der Waals surface area contributed by atoms with E-state index in [0.717, 1.165) is 22.2 Å². The maximum Gasteiger partial charge on any atom is 0.186 e. The molecule has 0 amide bonds. The fourth-order valence-corrected chi connectivity index (χ4v) is 3.01. The maximum absolute atomic E-state index is 14.2. The number of rotatable bonds is 0. The molecule has 6 heteroatoms. The molecule has 2 aliphatic rings. The Kier molecular flexibility index (Phi) is 3.12. The molecule has 0 spiro atoms. The van der Waals surface area contributed by atoms with Crippen molar-refractivity contribution in [1.29, 1.82) is 0 Å². The van der Waals surface area contributed by atoms with Crippen LogP contribution >= 0.6 is 0 Å². The van der Waals surface area contributed by atoms with Gasteiger partial charge in [0.25, 0.3) is 0 Å². The summed E-state index contributed by atoms with van der Waals surface area (Å²) < 4.78 is 28.4. The van der Waals surface area contributed by atoms with E-state index in [-0.39, 0.29) is 11.4 Å². The van der Waals surface area contributed by atoms with Crippen LogP contribution in [0.1, 0.15) is 22.8 Å². The number of H-pyrrole nitrogens is 2. The van der Waals surface area contributed by atoms with Crippen molar-refractivity contribution in [3.63, 3.8) is 0 Å². The highest BCUT2D eigenvalue weighted by atomic mass is 19.2. The summed E-state index contributed by atoms with van der Waals surface area (Å²) in [7, 11) is 0. The van der Waals surface area contributed by atoms with Gasteiger partial charge in [0.05, 0.1) is 11.4 Å². The van der Waals surface area contributed by atoms with Crippen molar-refractivity contribution in [3.05, 3.63) is 71.3 Å². The first-order chi connectivity index (χ1) is 12.6. The van der Waals surface area contributed by atoms with Crippen LogP contribution in [-0.2, 0) is 0 Å². The quantitative estimate of drug-likeness (QED) is 0.457. The molecule has 0 radical (unpaired) electrons. The summed E-state index contributed by atoms with van der Waals surface area (Å²) in [6.45, 7) is 0. The number of nitrogens with one attached hydrogen (secondary N) is 2. The number of fused-ring (bicyclic) bond motifs is 8. The van der Waals surface area contributed by atoms with E-state index in [1.165, 1.54) is 12.1 Å². The third-order valence-corrected chi connectivity index (χ3v) is 4.22. The summed E-state index contributed by atoms with van der Waals surface area (Å²) >= 11 is 0. The molecule has 4 nitrogen and oxygen atoms in total. The van der Waals surface area contributed by atoms with Crippen molar-refractivity contribution >= 4 is 45.9 Å². The zero-order valence-electron chi connectivity index (χ0n) is 13.4. The number of hydrogen-bond acceptors (Lipinski definition) is 2. The van der Waals surface area contributed by atoms with Crippen LogP contribution in [-0.4, -0.2) is 19.9 Å². The van der Waals surface area contributed by atoms with Crippen molar-refractivity contribution in [2.45, 2.75) is 0 Å². The van der Waals surface area contributed by atoms with Crippen LogP contribution in [0.2, 0.25) is 0 Å². The minimum Gasteiger partial charge on any atom is -0.355 e. The van der Waals surface area contributed by atoms with E-state index in [9.17, 15) is 8.78 Å². The van der Waals surface area contributed by atoms with E-state index in [1.807, 2.05) is 36.4 Å². The van der Waals surface area contributed by atoms with Gasteiger partial charge in [0.15, 0.2) is 11.7 Å². The second kappa shape index (κ2) is 5.49. The van der Waals surface area contributed by atoms with E-state index < -0.39 is 11.7 Å². The van der Waals surface area contributed by atoms with Crippen molar-refractivity contribution in [2.75, 3.05) is 0 Å². The monoisotopic (exact) mass is 346 g/mol. The molecule has 0 unspecified atom stereocenters. The molecule has 126 valence electrons. The van der Waals surface area contributed by atoms with Crippen molar-refractivity contribution in [3.8, 4) is 0 Å². The van der Waals surface area contributed by atoms with Gasteiger partial charge in [0, 0.05) is 22.1 Å². The molecule has 3 aromatic heterocycles. The average Bonchev–Trinajstić information content (AvgIpc) is 3.38. The van der Waals surface area contributed by atoms with Gasteiger partial charge in [-0.15, -0.1) is 0 Å². The minimum absolute atomic E-state index is 0.0465. The lowest BCUT2D eigenvalue weighted by molar-refractivity contribution is 0.707. The van der Waals surface area contributed by atoms with Crippen LogP contribution in [0.25, 0.3) is 45.9 Å². The molecular weight excluding hydrogens is 334 g/mol. The number of halogens is 2. The Bertz CT molecular complexity index is 1260. The molecule has 2 N–H and O–H groups in total. The lowest BCUT2D eigenvalue weighted by Crippen LogP contribution is -1.79. The van der Waals surface area contributed by atoms with Crippen LogP contribution in [0.4, 0.5) is 8.78 Å². The summed E-state index contributed by atoms with van der Waals surface area (Å²) in [6.07, 6.45) is 3.56. The molecule has 5 rings (SSSR count). The molecule has 2 aliphatic heterocycles. The van der Waals surface area contributed by atoms with Gasteiger partial charge in [-0.05, 0) is 60.7 Å². The summed E-state index contributed by atoms with van der Waals surface area (Å²) in [5.41, 5.74) is 4.42. The first kappa shape index (κ1) is 14.8. The van der Waals surface area contributed by atoms with Crippen LogP contribution in [0.15, 0.2) is 48.5 Å². The van der Waals surface area contributed by atoms with Crippen LogP contribution in [0.3, 0.4) is 0 Å². The smallest absolute Gasteiger partial charge is 0.186 e. The van der Waals surface area contributed by atoms with Crippen LogP contribution < -0.4 is 0 Å². The highest BCUT2D eigenvalue weighted by molar-refractivity contribution is 5.86. The second-order valence-electron chi connectivity index (χ2n) is 6.12. The van der Waals surface area contributed by atoms with E-state index in [1.54, 1.807) is 12.1 Å². The first-order valence-corrected chi connectivity index (χ1v) is 8.06. The van der Waals surface area contributed by atoms with E-state index in [4.69, 9.17) is 0 Å². The molecule has 0 saturated heterocycles. The lowest BCUT2D eigenvalue weighted by Gasteiger charge is -1.87. The van der Waals surface area contributed by atoms with Crippen molar-refractivity contribution in [1.82, 2.24) is 19.9 Å². The Hall–Kier alpha value is -3.54. The van der Waals surface area contributed by atoms with Crippen molar-refractivity contribution < 1.29 is 8.78 Å². The largest absolute Gasteiger partial charge is 0.355 e.